The number of aromatic hydroxyl groups is 1. The summed E-state index contributed by atoms with van der Waals surface area (Å²) in [5.41, 5.74) is 9.52. The number of anilines is 1. The molecule has 3 aliphatic rings. The minimum absolute atomic E-state index is 0.0589. The Labute approximate surface area is 205 Å². The van der Waals surface area contributed by atoms with E-state index in [0.717, 1.165) is 0 Å². The summed E-state index contributed by atoms with van der Waals surface area (Å²) in [6.45, 7) is 0. The first-order chi connectivity index (χ1) is 17.0. The van der Waals surface area contributed by atoms with E-state index >= 15 is 0 Å². The maximum Gasteiger partial charge on any atom is 0.255 e. The van der Waals surface area contributed by atoms with Crippen LogP contribution in [0.15, 0.2) is 59.1 Å². The van der Waals surface area contributed by atoms with Gasteiger partial charge in [-0.3, -0.25) is 14.4 Å². The Balaban J connectivity index is 1.62. The summed E-state index contributed by atoms with van der Waals surface area (Å²) >= 11 is 0. The number of phenolic OH excluding ortho intramolecular Hbond substituents is 1. The third-order valence-corrected chi connectivity index (χ3v) is 7.20. The van der Waals surface area contributed by atoms with Gasteiger partial charge in [-0.05, 0) is 60.7 Å². The second kappa shape index (κ2) is 8.00. The number of ketones is 2. The van der Waals surface area contributed by atoms with Crippen molar-refractivity contribution in [2.24, 2.45) is 17.6 Å². The molecular weight excluding hydrogens is 464 g/mol. The van der Waals surface area contributed by atoms with E-state index in [1.807, 2.05) is 0 Å². The number of benzene rings is 2. The number of aliphatic hydroxyl groups excluding tert-OH is 2. The molecule has 8 N–H and O–H groups in total. The minimum Gasteiger partial charge on any atom is -0.511 e. The normalized spacial score (nSPS) is 24.9. The Morgan fingerprint density at radius 2 is 1.69 bits per heavy atom. The van der Waals surface area contributed by atoms with E-state index in [4.69, 9.17) is 11.5 Å². The van der Waals surface area contributed by atoms with Crippen molar-refractivity contribution in [3.8, 4) is 17.6 Å². The predicted molar refractivity (Wildman–Crippen MR) is 128 cm³/mol. The number of phenols is 1. The highest BCUT2D eigenvalue weighted by molar-refractivity contribution is 6.24. The van der Waals surface area contributed by atoms with Crippen molar-refractivity contribution in [1.29, 1.82) is 0 Å². The summed E-state index contributed by atoms with van der Waals surface area (Å²) in [7, 11) is 0. The Hall–Kier alpha value is -4.55. The molecule has 0 unspecified atom stereocenters. The maximum atomic E-state index is 13.5. The SMILES string of the molecule is NC(=O)C1=C(O)C[C@@H]2C[C@@H]3Cc4c(C#Cc5ccc(N)cc5)ccc(O)c4C(=O)C3=C(O)[C@]2(O)C1=O. The molecule has 3 atom stereocenters. The summed E-state index contributed by atoms with van der Waals surface area (Å²) < 4.78 is 0. The van der Waals surface area contributed by atoms with E-state index in [1.54, 1.807) is 30.3 Å². The molecule has 0 bridgehead atoms. The maximum absolute atomic E-state index is 13.5. The van der Waals surface area contributed by atoms with Crippen LogP contribution in [0.4, 0.5) is 5.69 Å². The number of Topliss-reactive ketones (excluding diaryl/α,β-unsaturated/α-hetero) is 2. The number of carbonyl (C=O) groups is 3. The van der Waals surface area contributed by atoms with Gasteiger partial charge in [0.1, 0.15) is 22.8 Å². The van der Waals surface area contributed by atoms with Crippen molar-refractivity contribution in [2.75, 3.05) is 5.73 Å². The first-order valence-corrected chi connectivity index (χ1v) is 11.2. The average Bonchev–Trinajstić information content (AvgIpc) is 2.81. The number of nitrogen functional groups attached to an aromatic ring is 1. The van der Waals surface area contributed by atoms with Gasteiger partial charge in [0.15, 0.2) is 11.4 Å². The monoisotopic (exact) mass is 486 g/mol. The fourth-order valence-electron chi connectivity index (χ4n) is 5.44. The van der Waals surface area contributed by atoms with Crippen molar-refractivity contribution in [3.05, 3.63) is 81.3 Å². The molecule has 9 nitrogen and oxygen atoms in total. The Bertz CT molecular complexity index is 1490. The van der Waals surface area contributed by atoms with Crippen molar-refractivity contribution in [3.63, 3.8) is 0 Å². The number of hydrogen-bond acceptors (Lipinski definition) is 8. The number of hydrogen-bond donors (Lipinski definition) is 6. The van der Waals surface area contributed by atoms with Crippen LogP contribution >= 0.6 is 0 Å². The van der Waals surface area contributed by atoms with Crippen LogP contribution < -0.4 is 11.5 Å². The van der Waals surface area contributed by atoms with Crippen molar-refractivity contribution in [1.82, 2.24) is 0 Å². The molecule has 0 fully saturated rings. The number of nitrogens with two attached hydrogens (primary N) is 2. The van der Waals surface area contributed by atoms with E-state index < -0.39 is 52.0 Å². The molecule has 0 saturated heterocycles. The molecule has 36 heavy (non-hydrogen) atoms. The molecular formula is C27H22N2O7. The van der Waals surface area contributed by atoms with E-state index in [1.165, 1.54) is 6.07 Å². The molecule has 0 radical (unpaired) electrons. The molecule has 1 amide bonds. The Kier molecular flexibility index (Phi) is 5.16. The summed E-state index contributed by atoms with van der Waals surface area (Å²) in [6, 6.07) is 9.84. The molecule has 3 aliphatic carbocycles. The number of primary amides is 1. The molecule has 5 rings (SSSR count). The van der Waals surface area contributed by atoms with Gasteiger partial charge in [0, 0.05) is 34.7 Å². The minimum atomic E-state index is -2.59. The van der Waals surface area contributed by atoms with Crippen LogP contribution in [0.25, 0.3) is 0 Å². The van der Waals surface area contributed by atoms with Crippen LogP contribution in [-0.2, 0) is 16.0 Å². The second-order valence-electron chi connectivity index (χ2n) is 9.27. The summed E-state index contributed by atoms with van der Waals surface area (Å²) in [4.78, 5) is 38.2. The van der Waals surface area contributed by atoms with Crippen LogP contribution in [0.1, 0.15) is 39.9 Å². The van der Waals surface area contributed by atoms with Gasteiger partial charge in [-0.1, -0.05) is 11.8 Å². The topological polar surface area (TPSA) is 184 Å². The van der Waals surface area contributed by atoms with Gasteiger partial charge in [-0.25, -0.2) is 0 Å². The van der Waals surface area contributed by atoms with Crippen LogP contribution in [0.2, 0.25) is 0 Å². The molecule has 0 aromatic heterocycles. The third-order valence-electron chi connectivity index (χ3n) is 7.20. The molecule has 0 aliphatic heterocycles. The summed E-state index contributed by atoms with van der Waals surface area (Å²) in [5, 5.41) is 43.1. The summed E-state index contributed by atoms with van der Waals surface area (Å²) in [6.07, 6.45) is -0.0306. The van der Waals surface area contributed by atoms with Gasteiger partial charge in [0.2, 0.25) is 5.78 Å². The predicted octanol–water partition coefficient (Wildman–Crippen LogP) is 1.56. The fourth-order valence-corrected chi connectivity index (χ4v) is 5.44. The Morgan fingerprint density at radius 3 is 2.36 bits per heavy atom. The lowest BCUT2D eigenvalue weighted by molar-refractivity contribution is -0.144. The van der Waals surface area contributed by atoms with Gasteiger partial charge in [0.05, 0.1) is 5.56 Å². The summed E-state index contributed by atoms with van der Waals surface area (Å²) in [5.74, 6) is -0.590. The average molecular weight is 486 g/mol. The zero-order valence-corrected chi connectivity index (χ0v) is 18.9. The first kappa shape index (κ1) is 23.2. The zero-order chi connectivity index (χ0) is 25.9. The van der Waals surface area contributed by atoms with Gasteiger partial charge in [0.25, 0.3) is 5.91 Å². The van der Waals surface area contributed by atoms with Crippen molar-refractivity contribution < 1.29 is 34.8 Å². The first-order valence-electron chi connectivity index (χ1n) is 11.2. The number of rotatable bonds is 1. The number of amides is 1. The number of fused-ring (bicyclic) bond motifs is 3. The zero-order valence-electron chi connectivity index (χ0n) is 18.9. The van der Waals surface area contributed by atoms with Crippen molar-refractivity contribution in [2.45, 2.75) is 24.9 Å². The molecule has 2 aromatic carbocycles. The lowest BCUT2D eigenvalue weighted by Gasteiger charge is -2.45. The fraction of sp³-hybridized carbons (Fsp3) is 0.222. The third kappa shape index (κ3) is 3.26. The number of allylic oxidation sites excluding steroid dienone is 2. The van der Waals surface area contributed by atoms with Crippen molar-refractivity contribution >= 4 is 23.2 Å². The highest BCUT2D eigenvalue weighted by atomic mass is 16.3. The second-order valence-corrected chi connectivity index (χ2v) is 9.27. The molecule has 9 heteroatoms. The number of aliphatic hydroxyl groups is 3. The van der Waals surface area contributed by atoms with Gasteiger partial charge >= 0.3 is 0 Å². The van der Waals surface area contributed by atoms with E-state index in [0.29, 0.717) is 22.4 Å². The van der Waals surface area contributed by atoms with E-state index in [2.05, 4.69) is 11.8 Å². The van der Waals surface area contributed by atoms with Crippen LogP contribution in [0.3, 0.4) is 0 Å². The largest absolute Gasteiger partial charge is 0.511 e. The van der Waals surface area contributed by atoms with Gasteiger partial charge < -0.3 is 31.9 Å². The highest BCUT2D eigenvalue weighted by Crippen LogP contribution is 2.51. The van der Waals surface area contributed by atoms with E-state index in [-0.39, 0.29) is 36.1 Å². The lowest BCUT2D eigenvalue weighted by atomic mass is 9.60. The standard InChI is InChI=1S/C27H22N2O7/c28-16-6-2-12(3-7-16)1-4-13-5-8-18(30)21-17(13)10-14-9-15-11-19(31)22(26(29)35)25(34)27(15,36)24(33)20(14)23(21)32/h2-3,5-8,14-15,30-31,33,36H,9-11,28H2,(H2,29,35)/t14-,15+,27+/m1/s1. The van der Waals surface area contributed by atoms with E-state index in [9.17, 15) is 34.8 Å². The van der Waals surface area contributed by atoms with Crippen LogP contribution in [-0.4, -0.2) is 43.5 Å². The molecule has 2 aromatic rings. The Morgan fingerprint density at radius 1 is 1.00 bits per heavy atom. The molecule has 0 spiro atoms. The van der Waals surface area contributed by atoms with Gasteiger partial charge in [-0.15, -0.1) is 0 Å². The quantitative estimate of drug-likeness (QED) is 0.199. The smallest absolute Gasteiger partial charge is 0.255 e. The highest BCUT2D eigenvalue weighted by Gasteiger charge is 2.59. The van der Waals surface area contributed by atoms with Crippen LogP contribution in [0, 0.1) is 23.7 Å². The van der Waals surface area contributed by atoms with Crippen LogP contribution in [0.5, 0.6) is 5.75 Å². The molecule has 0 heterocycles. The number of carbonyl (C=O) groups excluding carboxylic acids is 3. The van der Waals surface area contributed by atoms with Gasteiger partial charge in [-0.2, -0.15) is 0 Å². The molecule has 182 valence electrons. The lowest BCUT2D eigenvalue weighted by Crippen LogP contribution is -2.57. The molecule has 0 saturated carbocycles.